The highest BCUT2D eigenvalue weighted by Gasteiger charge is 2.14. The van der Waals surface area contributed by atoms with Crippen LogP contribution in [0.25, 0.3) is 0 Å². The first-order valence-corrected chi connectivity index (χ1v) is 5.61. The van der Waals surface area contributed by atoms with E-state index in [-0.39, 0.29) is 16.8 Å². The van der Waals surface area contributed by atoms with Crippen molar-refractivity contribution in [2.45, 2.75) is 18.2 Å². The average molecular weight is 282 g/mol. The molecule has 0 aromatic rings. The van der Waals surface area contributed by atoms with E-state index >= 15 is 0 Å². The maximum absolute atomic E-state index is 10.9. The van der Waals surface area contributed by atoms with Crippen LogP contribution >= 0.6 is 15.9 Å². The molecule has 6 heteroatoms. The van der Waals surface area contributed by atoms with Gasteiger partial charge < -0.3 is 14.8 Å². The topological polar surface area (TPSA) is 64.6 Å². The van der Waals surface area contributed by atoms with Gasteiger partial charge in [-0.3, -0.25) is 9.59 Å². The fraction of sp³-hybridized carbons (Fsp3) is 0.778. The van der Waals surface area contributed by atoms with Gasteiger partial charge in [0.05, 0.1) is 20.1 Å². The van der Waals surface area contributed by atoms with Gasteiger partial charge in [-0.2, -0.15) is 0 Å². The molecule has 0 bridgehead atoms. The zero-order valence-corrected chi connectivity index (χ0v) is 10.5. The summed E-state index contributed by atoms with van der Waals surface area (Å²) in [4.78, 5) is 21.5. The number of methoxy groups -OCH3 is 1. The average Bonchev–Trinajstić information content (AvgIpc) is 2.23. The van der Waals surface area contributed by atoms with Gasteiger partial charge in [0.25, 0.3) is 0 Å². The van der Waals surface area contributed by atoms with E-state index in [4.69, 9.17) is 4.74 Å². The quantitative estimate of drug-likeness (QED) is 0.417. The van der Waals surface area contributed by atoms with Crippen molar-refractivity contribution in [2.75, 3.05) is 26.8 Å². The number of ether oxygens (including phenoxy) is 2. The van der Waals surface area contributed by atoms with E-state index in [2.05, 4.69) is 26.0 Å². The first kappa shape index (κ1) is 14.4. The summed E-state index contributed by atoms with van der Waals surface area (Å²) in [6, 6.07) is 0. The molecule has 0 aromatic heterocycles. The molecule has 0 heterocycles. The Morgan fingerprint density at radius 2 is 2.13 bits per heavy atom. The van der Waals surface area contributed by atoms with E-state index in [0.29, 0.717) is 26.1 Å². The third-order valence-corrected chi connectivity index (χ3v) is 2.29. The Balaban J connectivity index is 3.46. The minimum absolute atomic E-state index is 0.241. The molecule has 5 nitrogen and oxygen atoms in total. The molecule has 0 aliphatic carbocycles. The maximum Gasteiger partial charge on any atom is 0.320 e. The Kier molecular flexibility index (Phi) is 8.31. The fourth-order valence-electron chi connectivity index (χ4n) is 0.864. The molecule has 0 saturated carbocycles. The van der Waals surface area contributed by atoms with Crippen molar-refractivity contribution in [3.8, 4) is 0 Å². The molecule has 15 heavy (non-hydrogen) atoms. The number of hydrogen-bond donors (Lipinski definition) is 1. The third kappa shape index (κ3) is 7.33. The second-order valence-corrected chi connectivity index (χ2v) is 3.86. The molecule has 0 aromatic carbocycles. The molecule has 0 spiro atoms. The van der Waals surface area contributed by atoms with Crippen LogP contribution < -0.4 is 5.32 Å². The molecule has 1 atom stereocenters. The number of hydrogen-bond acceptors (Lipinski definition) is 5. The van der Waals surface area contributed by atoms with Gasteiger partial charge in [-0.1, -0.05) is 15.9 Å². The Hall–Kier alpha value is -0.620. The lowest BCUT2D eigenvalue weighted by Crippen LogP contribution is -2.31. The van der Waals surface area contributed by atoms with Crippen LogP contribution in [0.15, 0.2) is 0 Å². The molecule has 0 radical (unpaired) electrons. The van der Waals surface area contributed by atoms with E-state index in [1.54, 1.807) is 6.92 Å². The molecular weight excluding hydrogens is 266 g/mol. The lowest BCUT2D eigenvalue weighted by atomic mass is 10.4. The number of carbonyl (C=O) groups is 2. The Bertz CT molecular complexity index is 210. The number of alkyl halides is 1. The smallest absolute Gasteiger partial charge is 0.320 e. The van der Waals surface area contributed by atoms with E-state index in [1.165, 1.54) is 7.11 Å². The van der Waals surface area contributed by atoms with Crippen molar-refractivity contribution in [3.63, 3.8) is 0 Å². The number of carbonyl (C=O) groups excluding carboxylic acids is 2. The molecule has 0 amide bonds. The molecule has 0 aliphatic rings. The van der Waals surface area contributed by atoms with Crippen molar-refractivity contribution in [1.29, 1.82) is 0 Å². The minimum Gasteiger partial charge on any atom is -0.468 e. The third-order valence-electron chi connectivity index (χ3n) is 1.59. The first-order chi connectivity index (χ1) is 7.11. The molecule has 0 rings (SSSR count). The SMILES string of the molecule is CCOC(=O)CCNCC(Br)C(=O)OC. The van der Waals surface area contributed by atoms with E-state index in [9.17, 15) is 9.59 Å². The molecule has 0 fully saturated rings. The second-order valence-electron chi connectivity index (χ2n) is 2.75. The van der Waals surface area contributed by atoms with Gasteiger partial charge in [-0.15, -0.1) is 0 Å². The normalized spacial score (nSPS) is 11.9. The van der Waals surface area contributed by atoms with Crippen LogP contribution in [0.3, 0.4) is 0 Å². The molecule has 1 N–H and O–H groups in total. The summed E-state index contributed by atoms with van der Waals surface area (Å²) in [5.74, 6) is -0.576. The Labute approximate surface area is 97.6 Å². The molecule has 0 saturated heterocycles. The fourth-order valence-corrected chi connectivity index (χ4v) is 1.28. The van der Waals surface area contributed by atoms with Gasteiger partial charge in [0, 0.05) is 13.1 Å². The highest BCUT2D eigenvalue weighted by molar-refractivity contribution is 9.10. The lowest BCUT2D eigenvalue weighted by Gasteiger charge is -2.08. The summed E-state index contributed by atoms with van der Waals surface area (Å²) < 4.78 is 9.25. The van der Waals surface area contributed by atoms with Gasteiger partial charge in [-0.25, -0.2) is 0 Å². The zero-order chi connectivity index (χ0) is 11.7. The largest absolute Gasteiger partial charge is 0.468 e. The number of rotatable bonds is 7. The molecule has 88 valence electrons. The van der Waals surface area contributed by atoms with E-state index in [1.807, 2.05) is 0 Å². The summed E-state index contributed by atoms with van der Waals surface area (Å²) in [7, 11) is 1.33. The standard InChI is InChI=1S/C9H16BrNO4/c1-3-15-8(12)4-5-11-6-7(10)9(13)14-2/h7,11H,3-6H2,1-2H3. The highest BCUT2D eigenvalue weighted by Crippen LogP contribution is 1.99. The minimum atomic E-state index is -0.385. The van der Waals surface area contributed by atoms with Crippen molar-refractivity contribution in [2.24, 2.45) is 0 Å². The van der Waals surface area contributed by atoms with Crippen LogP contribution in [0, 0.1) is 0 Å². The van der Waals surface area contributed by atoms with Crippen LogP contribution in [-0.4, -0.2) is 43.6 Å². The first-order valence-electron chi connectivity index (χ1n) is 4.70. The van der Waals surface area contributed by atoms with Crippen molar-refractivity contribution in [3.05, 3.63) is 0 Å². The Morgan fingerprint density at radius 3 is 2.67 bits per heavy atom. The van der Waals surface area contributed by atoms with E-state index < -0.39 is 0 Å². The van der Waals surface area contributed by atoms with Crippen LogP contribution in [0.2, 0.25) is 0 Å². The van der Waals surface area contributed by atoms with Gasteiger partial charge in [-0.05, 0) is 6.92 Å². The predicted molar refractivity (Wildman–Crippen MR) is 58.9 cm³/mol. The highest BCUT2D eigenvalue weighted by atomic mass is 79.9. The van der Waals surface area contributed by atoms with Crippen LogP contribution in [0.1, 0.15) is 13.3 Å². The molecule has 0 aliphatic heterocycles. The van der Waals surface area contributed by atoms with Crippen molar-refractivity contribution >= 4 is 27.9 Å². The van der Waals surface area contributed by atoms with Gasteiger partial charge >= 0.3 is 11.9 Å². The van der Waals surface area contributed by atoms with E-state index in [0.717, 1.165) is 0 Å². The number of esters is 2. The summed E-state index contributed by atoms with van der Waals surface area (Å²) >= 11 is 3.15. The van der Waals surface area contributed by atoms with Crippen molar-refractivity contribution in [1.82, 2.24) is 5.32 Å². The summed E-state index contributed by atoms with van der Waals surface area (Å²) in [6.07, 6.45) is 0.300. The van der Waals surface area contributed by atoms with Crippen LogP contribution in [-0.2, 0) is 19.1 Å². The predicted octanol–water partition coefficient (Wildman–Crippen LogP) is 0.466. The van der Waals surface area contributed by atoms with Gasteiger partial charge in [0.2, 0.25) is 0 Å². The Morgan fingerprint density at radius 1 is 1.47 bits per heavy atom. The maximum atomic E-state index is 10.9. The zero-order valence-electron chi connectivity index (χ0n) is 8.92. The molecule has 1 unspecified atom stereocenters. The van der Waals surface area contributed by atoms with Crippen LogP contribution in [0.5, 0.6) is 0 Å². The molecular formula is C9H16BrNO4. The monoisotopic (exact) mass is 281 g/mol. The summed E-state index contributed by atoms with van der Waals surface area (Å²) in [5, 5.41) is 2.94. The lowest BCUT2D eigenvalue weighted by molar-refractivity contribution is -0.143. The number of nitrogens with one attached hydrogen (secondary N) is 1. The number of halogens is 1. The van der Waals surface area contributed by atoms with Gasteiger partial charge in [0.1, 0.15) is 4.83 Å². The van der Waals surface area contributed by atoms with Crippen LogP contribution in [0.4, 0.5) is 0 Å². The second kappa shape index (κ2) is 8.67. The summed E-state index contributed by atoms with van der Waals surface area (Å²) in [5.41, 5.74) is 0. The van der Waals surface area contributed by atoms with Gasteiger partial charge in [0.15, 0.2) is 0 Å². The van der Waals surface area contributed by atoms with Crippen molar-refractivity contribution < 1.29 is 19.1 Å². The summed E-state index contributed by atoms with van der Waals surface area (Å²) in [6.45, 7) is 3.06.